The molecule has 5 nitrogen and oxygen atoms in total. The minimum atomic E-state index is 0.562. The number of benzene rings is 2. The fourth-order valence-electron chi connectivity index (χ4n) is 4.45. The van der Waals surface area contributed by atoms with Gasteiger partial charge in [-0.15, -0.1) is 0 Å². The van der Waals surface area contributed by atoms with Gasteiger partial charge < -0.3 is 5.32 Å². The molecule has 5 rings (SSSR count). The van der Waals surface area contributed by atoms with Crippen LogP contribution in [0, 0.1) is 5.92 Å². The summed E-state index contributed by atoms with van der Waals surface area (Å²) in [5.74, 6) is 1.48. The van der Waals surface area contributed by atoms with E-state index in [1.54, 1.807) is 6.20 Å². The number of likely N-dealkylation sites (tertiary alicyclic amines) is 1. The van der Waals surface area contributed by atoms with Crippen molar-refractivity contribution in [2.75, 3.05) is 25.0 Å². The van der Waals surface area contributed by atoms with Crippen LogP contribution in [0.4, 0.5) is 5.82 Å². The molecule has 1 aliphatic rings. The van der Waals surface area contributed by atoms with E-state index in [0.717, 1.165) is 53.4 Å². The molecule has 1 saturated heterocycles. The van der Waals surface area contributed by atoms with Crippen LogP contribution in [0.3, 0.4) is 0 Å². The number of fused-ring (bicyclic) bond motifs is 1. The lowest BCUT2D eigenvalue weighted by atomic mass is 9.97. The number of halogens is 3. The largest absolute Gasteiger partial charge is 0.370 e. The fraction of sp³-hybridized carbons (Fsp3) is 0.280. The van der Waals surface area contributed by atoms with Gasteiger partial charge in [0.05, 0.1) is 16.4 Å². The molecule has 0 spiro atoms. The molecule has 170 valence electrons. The predicted octanol–water partition coefficient (Wildman–Crippen LogP) is 6.90. The highest BCUT2D eigenvalue weighted by Crippen LogP contribution is 2.31. The molecule has 1 aliphatic heterocycles. The fourth-order valence-corrected chi connectivity index (χ4v) is 5.44. The molecule has 8 heteroatoms. The number of nitrogens with one attached hydrogen (secondary N) is 1. The van der Waals surface area contributed by atoms with Crippen molar-refractivity contribution < 1.29 is 0 Å². The summed E-state index contributed by atoms with van der Waals surface area (Å²) in [6.07, 6.45) is 4.21. The van der Waals surface area contributed by atoms with Crippen molar-refractivity contribution in [3.05, 3.63) is 80.3 Å². The third-order valence-electron chi connectivity index (χ3n) is 6.11. The SMILES string of the molecule is Clc1ccccc1-c1cc(NCC2CCCN(Cc3ccccc3Br)C2)n2ncc(Br)c2n1. The molecule has 3 heterocycles. The first-order chi connectivity index (χ1) is 16.1. The number of anilines is 1. The maximum Gasteiger partial charge on any atom is 0.172 e. The van der Waals surface area contributed by atoms with Crippen molar-refractivity contribution in [2.24, 2.45) is 5.92 Å². The Bertz CT molecular complexity index is 1270. The van der Waals surface area contributed by atoms with Crippen LogP contribution in [-0.4, -0.2) is 39.1 Å². The molecule has 0 amide bonds. The number of piperidine rings is 1. The molecular formula is C25H24Br2ClN5. The Morgan fingerprint density at radius 1 is 1.06 bits per heavy atom. The van der Waals surface area contributed by atoms with Crippen LogP contribution in [0.2, 0.25) is 5.02 Å². The van der Waals surface area contributed by atoms with Crippen LogP contribution < -0.4 is 5.32 Å². The van der Waals surface area contributed by atoms with Gasteiger partial charge in [0.1, 0.15) is 5.82 Å². The standard InChI is InChI=1S/C25H24Br2ClN5/c26-20-9-3-1-7-18(20)16-32-11-5-6-17(15-32)13-29-24-12-23(19-8-2-4-10-22(19)28)31-25-21(27)14-30-33(24)25/h1-4,7-10,12,14,17,29H,5-6,11,13,15-16H2. The lowest BCUT2D eigenvalue weighted by Gasteiger charge is -2.33. The maximum absolute atomic E-state index is 6.47. The summed E-state index contributed by atoms with van der Waals surface area (Å²) in [7, 11) is 0. The first kappa shape index (κ1) is 22.8. The molecule has 1 atom stereocenters. The molecule has 0 aliphatic carbocycles. The quantitative estimate of drug-likeness (QED) is 0.266. The van der Waals surface area contributed by atoms with Gasteiger partial charge in [0, 0.05) is 40.8 Å². The first-order valence-corrected chi connectivity index (χ1v) is 13.0. The van der Waals surface area contributed by atoms with E-state index >= 15 is 0 Å². The second kappa shape index (κ2) is 10.1. The highest BCUT2D eigenvalue weighted by Gasteiger charge is 2.21. The molecule has 33 heavy (non-hydrogen) atoms. The summed E-state index contributed by atoms with van der Waals surface area (Å²) in [4.78, 5) is 7.36. The third-order valence-corrected chi connectivity index (χ3v) is 7.77. The van der Waals surface area contributed by atoms with Crippen molar-refractivity contribution in [3.8, 4) is 11.3 Å². The third kappa shape index (κ3) is 5.11. The van der Waals surface area contributed by atoms with Crippen LogP contribution in [-0.2, 0) is 6.54 Å². The predicted molar refractivity (Wildman–Crippen MR) is 142 cm³/mol. The number of hydrogen-bond donors (Lipinski definition) is 1. The number of nitrogens with zero attached hydrogens (tertiary/aromatic N) is 4. The lowest BCUT2D eigenvalue weighted by Crippen LogP contribution is -2.37. The van der Waals surface area contributed by atoms with E-state index in [4.69, 9.17) is 16.6 Å². The zero-order valence-electron chi connectivity index (χ0n) is 18.0. The monoisotopic (exact) mass is 587 g/mol. The first-order valence-electron chi connectivity index (χ1n) is 11.1. The van der Waals surface area contributed by atoms with Crippen molar-refractivity contribution in [3.63, 3.8) is 0 Å². The van der Waals surface area contributed by atoms with Crippen molar-refractivity contribution in [1.29, 1.82) is 0 Å². The highest BCUT2D eigenvalue weighted by molar-refractivity contribution is 9.11. The minimum absolute atomic E-state index is 0.562. The number of rotatable bonds is 6. The average molecular weight is 590 g/mol. The van der Waals surface area contributed by atoms with E-state index in [9.17, 15) is 0 Å². The average Bonchev–Trinajstić information content (AvgIpc) is 3.20. The Balaban J connectivity index is 1.34. The van der Waals surface area contributed by atoms with Gasteiger partial charge in [-0.2, -0.15) is 9.61 Å². The Morgan fingerprint density at radius 2 is 1.88 bits per heavy atom. The zero-order valence-corrected chi connectivity index (χ0v) is 21.9. The Kier molecular flexibility index (Phi) is 7.02. The van der Waals surface area contributed by atoms with E-state index in [-0.39, 0.29) is 0 Å². The normalized spacial score (nSPS) is 16.9. The Morgan fingerprint density at radius 3 is 2.73 bits per heavy atom. The van der Waals surface area contributed by atoms with E-state index in [0.29, 0.717) is 10.9 Å². The van der Waals surface area contributed by atoms with Gasteiger partial charge in [0.15, 0.2) is 5.65 Å². The summed E-state index contributed by atoms with van der Waals surface area (Å²) in [5, 5.41) is 8.86. The molecule has 1 unspecified atom stereocenters. The molecule has 1 N–H and O–H groups in total. The van der Waals surface area contributed by atoms with Gasteiger partial charge >= 0.3 is 0 Å². The number of hydrogen-bond acceptors (Lipinski definition) is 4. The minimum Gasteiger partial charge on any atom is -0.370 e. The van der Waals surface area contributed by atoms with Crippen LogP contribution in [0.1, 0.15) is 18.4 Å². The van der Waals surface area contributed by atoms with E-state index < -0.39 is 0 Å². The van der Waals surface area contributed by atoms with E-state index in [1.807, 2.05) is 34.8 Å². The van der Waals surface area contributed by atoms with Crippen LogP contribution in [0.5, 0.6) is 0 Å². The van der Waals surface area contributed by atoms with Gasteiger partial charge in [-0.25, -0.2) is 4.98 Å². The lowest BCUT2D eigenvalue weighted by molar-refractivity contribution is 0.173. The smallest absolute Gasteiger partial charge is 0.172 e. The van der Waals surface area contributed by atoms with Gasteiger partial charge in [-0.05, 0) is 58.9 Å². The van der Waals surface area contributed by atoms with Gasteiger partial charge in [-0.1, -0.05) is 63.9 Å². The van der Waals surface area contributed by atoms with E-state index in [1.165, 1.54) is 22.9 Å². The van der Waals surface area contributed by atoms with Crippen LogP contribution in [0.15, 0.2) is 69.7 Å². The van der Waals surface area contributed by atoms with Crippen molar-refractivity contribution in [1.82, 2.24) is 19.5 Å². The second-order valence-electron chi connectivity index (χ2n) is 8.45. The van der Waals surface area contributed by atoms with Crippen molar-refractivity contribution >= 4 is 54.9 Å². The summed E-state index contributed by atoms with van der Waals surface area (Å²) >= 11 is 13.7. The van der Waals surface area contributed by atoms with Gasteiger partial charge in [-0.3, -0.25) is 4.90 Å². The van der Waals surface area contributed by atoms with Crippen LogP contribution in [0.25, 0.3) is 16.9 Å². The van der Waals surface area contributed by atoms with Gasteiger partial charge in [0.25, 0.3) is 0 Å². The number of aromatic nitrogens is 3. The molecular weight excluding hydrogens is 566 g/mol. The molecule has 0 saturated carbocycles. The summed E-state index contributed by atoms with van der Waals surface area (Å²) in [6, 6.07) is 18.3. The Labute approximate surface area is 215 Å². The Hall–Kier alpha value is -1.93. The molecule has 0 bridgehead atoms. The highest BCUT2D eigenvalue weighted by atomic mass is 79.9. The molecule has 2 aromatic heterocycles. The van der Waals surface area contributed by atoms with Crippen molar-refractivity contribution in [2.45, 2.75) is 19.4 Å². The second-order valence-corrected chi connectivity index (χ2v) is 10.6. The summed E-state index contributed by atoms with van der Waals surface area (Å²) < 4.78 is 3.89. The molecule has 2 aromatic carbocycles. The zero-order chi connectivity index (χ0) is 22.8. The topological polar surface area (TPSA) is 45.5 Å². The summed E-state index contributed by atoms with van der Waals surface area (Å²) in [6.45, 7) is 4.06. The van der Waals surface area contributed by atoms with Crippen LogP contribution >= 0.6 is 43.5 Å². The molecule has 1 fully saturated rings. The van der Waals surface area contributed by atoms with E-state index in [2.05, 4.69) is 71.4 Å². The molecule has 4 aromatic rings. The maximum atomic E-state index is 6.47. The summed E-state index contributed by atoms with van der Waals surface area (Å²) in [5.41, 5.74) is 3.85. The molecule has 0 radical (unpaired) electrons. The van der Waals surface area contributed by atoms with Gasteiger partial charge in [0.2, 0.25) is 0 Å².